The molecule has 1 unspecified atom stereocenters. The van der Waals surface area contributed by atoms with E-state index in [1.54, 1.807) is 10.6 Å². The minimum Gasteiger partial charge on any atom is -0.387 e. The molecule has 0 bridgehead atoms. The molecule has 5 heteroatoms. The van der Waals surface area contributed by atoms with Gasteiger partial charge in [-0.2, -0.15) is 0 Å². The predicted octanol–water partition coefficient (Wildman–Crippen LogP) is 2.03. The van der Waals surface area contributed by atoms with E-state index in [1.165, 1.54) is 6.40 Å². The second-order valence-electron chi connectivity index (χ2n) is 6.47. The number of nitrogens with one attached hydrogen (secondary N) is 1. The summed E-state index contributed by atoms with van der Waals surface area (Å²) in [6.07, 6.45) is 0.865. The van der Waals surface area contributed by atoms with Crippen LogP contribution in [0.4, 0.5) is 0 Å². The third kappa shape index (κ3) is 7.11. The van der Waals surface area contributed by atoms with E-state index >= 15 is 0 Å². The maximum absolute atomic E-state index is 10.3. The highest BCUT2D eigenvalue weighted by Crippen LogP contribution is 2.22. The Labute approximate surface area is 127 Å². The zero-order valence-corrected chi connectivity index (χ0v) is 13.8. The fourth-order valence-corrected chi connectivity index (χ4v) is 1.70. The largest absolute Gasteiger partial charge is 0.387 e. The zero-order chi connectivity index (χ0) is 16.0. The van der Waals surface area contributed by atoms with Gasteiger partial charge in [-0.25, -0.2) is 9.46 Å². The molecule has 0 aliphatic carbocycles. The molecular weight excluding hydrogens is 268 g/mol. The minimum atomic E-state index is -0.593. The predicted molar refractivity (Wildman–Crippen MR) is 83.8 cm³/mol. The van der Waals surface area contributed by atoms with Crippen molar-refractivity contribution in [3.8, 4) is 5.75 Å². The Morgan fingerprint density at radius 1 is 1.29 bits per heavy atom. The first kappa shape index (κ1) is 17.5. The Balaban J connectivity index is 2.74. The fourth-order valence-electron chi connectivity index (χ4n) is 1.70. The van der Waals surface area contributed by atoms with Gasteiger partial charge in [0.25, 0.3) is 0 Å². The van der Waals surface area contributed by atoms with Crippen molar-refractivity contribution in [3.05, 3.63) is 29.3 Å². The first-order valence-electron chi connectivity index (χ1n) is 7.05. The lowest BCUT2D eigenvalue weighted by Crippen LogP contribution is -2.38. The van der Waals surface area contributed by atoms with E-state index in [-0.39, 0.29) is 5.54 Å². The van der Waals surface area contributed by atoms with Crippen LogP contribution in [0.15, 0.2) is 18.2 Å². The molecule has 0 spiro atoms. The normalized spacial score (nSPS) is 12.7. The average molecular weight is 295 g/mol. The molecular formula is C16H27N2O3+. The summed E-state index contributed by atoms with van der Waals surface area (Å²) in [5.74, 6) is 0.568. The highest BCUT2D eigenvalue weighted by molar-refractivity contribution is 5.39. The minimum absolute atomic E-state index is 0.0338. The van der Waals surface area contributed by atoms with Gasteiger partial charge in [0.1, 0.15) is 14.1 Å². The van der Waals surface area contributed by atoms with Crippen LogP contribution in [0.2, 0.25) is 0 Å². The lowest BCUT2D eigenvalue weighted by atomic mass is 10.0. The second kappa shape index (κ2) is 7.43. The summed E-state index contributed by atoms with van der Waals surface area (Å²) < 4.78 is 1.73. The molecule has 118 valence electrons. The first-order chi connectivity index (χ1) is 9.67. The summed E-state index contributed by atoms with van der Waals surface area (Å²) in [6.45, 7) is 8.63. The molecule has 1 aromatic carbocycles. The smallest absolute Gasteiger partial charge is 0.369 e. The molecule has 0 aliphatic rings. The molecule has 0 aromatic heterocycles. The van der Waals surface area contributed by atoms with Gasteiger partial charge in [0.15, 0.2) is 5.75 Å². The number of aliphatic hydroxyl groups excluding tert-OH is 1. The van der Waals surface area contributed by atoms with Gasteiger partial charge in [0.05, 0.1) is 6.10 Å². The van der Waals surface area contributed by atoms with Crippen LogP contribution in [0.3, 0.4) is 0 Å². The maximum Gasteiger partial charge on any atom is 0.369 e. The van der Waals surface area contributed by atoms with E-state index in [0.717, 1.165) is 11.1 Å². The molecule has 0 aliphatic heterocycles. The Morgan fingerprint density at radius 2 is 1.95 bits per heavy atom. The molecule has 0 heterocycles. The summed E-state index contributed by atoms with van der Waals surface area (Å²) >= 11 is 0. The number of aryl methyl sites for hydroxylation is 1. The van der Waals surface area contributed by atoms with Crippen LogP contribution in [-0.4, -0.2) is 42.3 Å². The molecule has 1 atom stereocenters. The standard InChI is InChI=1S/C16H27N2O3/c1-12-7-13(15(19)10-17-16(2,3)4)9-14(8-12)21-20-11-18(5)6/h7-9,11,15,17,19H,10H2,1-6H3/q+1. The zero-order valence-electron chi connectivity index (χ0n) is 13.8. The number of β-amino-alcohol motifs (C(OH)–C–C–N with tert-alkyl or cyclic N) is 1. The van der Waals surface area contributed by atoms with E-state index in [4.69, 9.17) is 9.78 Å². The van der Waals surface area contributed by atoms with Gasteiger partial charge in [-0.05, 0) is 51.0 Å². The van der Waals surface area contributed by atoms with Crippen LogP contribution >= 0.6 is 0 Å². The SMILES string of the molecule is Cc1cc(OOC=[N+](C)C)cc(C(O)CNC(C)(C)C)c1. The van der Waals surface area contributed by atoms with Crippen molar-refractivity contribution >= 4 is 6.40 Å². The summed E-state index contributed by atoms with van der Waals surface area (Å²) in [5, 5.41) is 13.6. The van der Waals surface area contributed by atoms with Crippen LogP contribution in [0.5, 0.6) is 5.75 Å². The third-order valence-corrected chi connectivity index (χ3v) is 2.68. The quantitative estimate of drug-likeness (QED) is 0.277. The van der Waals surface area contributed by atoms with Gasteiger partial charge in [0.2, 0.25) is 0 Å². The maximum atomic E-state index is 10.3. The highest BCUT2D eigenvalue weighted by atomic mass is 17.2. The number of hydrogen-bond donors (Lipinski definition) is 2. The molecule has 0 radical (unpaired) electrons. The van der Waals surface area contributed by atoms with Gasteiger partial charge in [-0.1, -0.05) is 6.07 Å². The van der Waals surface area contributed by atoms with Gasteiger partial charge in [-0.15, -0.1) is 0 Å². The molecule has 2 N–H and O–H groups in total. The van der Waals surface area contributed by atoms with Crippen molar-refractivity contribution < 1.29 is 19.5 Å². The van der Waals surface area contributed by atoms with E-state index in [2.05, 4.69) is 26.1 Å². The Bertz CT molecular complexity index is 489. The third-order valence-electron chi connectivity index (χ3n) is 2.68. The van der Waals surface area contributed by atoms with Crippen LogP contribution in [0.1, 0.15) is 38.0 Å². The molecule has 0 amide bonds. The van der Waals surface area contributed by atoms with Crippen molar-refractivity contribution in [3.63, 3.8) is 0 Å². The molecule has 0 saturated carbocycles. The highest BCUT2D eigenvalue weighted by Gasteiger charge is 2.15. The molecule has 0 fully saturated rings. The first-order valence-corrected chi connectivity index (χ1v) is 7.05. The van der Waals surface area contributed by atoms with Crippen LogP contribution in [-0.2, 0) is 4.89 Å². The van der Waals surface area contributed by atoms with Gasteiger partial charge in [-0.3, -0.25) is 4.89 Å². The molecule has 5 nitrogen and oxygen atoms in total. The number of hydrogen-bond acceptors (Lipinski definition) is 4. The van der Waals surface area contributed by atoms with Crippen LogP contribution in [0.25, 0.3) is 0 Å². The number of nitrogens with zero attached hydrogens (tertiary/aromatic N) is 1. The lowest BCUT2D eigenvalue weighted by molar-refractivity contribution is -0.475. The Morgan fingerprint density at radius 3 is 2.52 bits per heavy atom. The Hall–Kier alpha value is -1.59. The van der Waals surface area contributed by atoms with Crippen molar-refractivity contribution in [1.82, 2.24) is 5.32 Å². The summed E-state index contributed by atoms with van der Waals surface area (Å²) in [5.41, 5.74) is 1.77. The number of aliphatic hydroxyl groups is 1. The van der Waals surface area contributed by atoms with Crippen molar-refractivity contribution in [2.24, 2.45) is 0 Å². The van der Waals surface area contributed by atoms with Crippen LogP contribution < -0.4 is 10.2 Å². The lowest BCUT2D eigenvalue weighted by Gasteiger charge is -2.23. The average Bonchev–Trinajstić information content (AvgIpc) is 2.34. The summed E-state index contributed by atoms with van der Waals surface area (Å²) in [7, 11) is 3.68. The molecule has 21 heavy (non-hydrogen) atoms. The number of rotatable bonds is 6. The van der Waals surface area contributed by atoms with E-state index < -0.39 is 6.10 Å². The van der Waals surface area contributed by atoms with Gasteiger partial charge in [0, 0.05) is 12.1 Å². The van der Waals surface area contributed by atoms with E-state index in [1.807, 2.05) is 33.2 Å². The molecule has 1 rings (SSSR count). The summed E-state index contributed by atoms with van der Waals surface area (Å²) in [4.78, 5) is 10.2. The van der Waals surface area contributed by atoms with Crippen molar-refractivity contribution in [2.45, 2.75) is 39.3 Å². The van der Waals surface area contributed by atoms with Gasteiger partial charge >= 0.3 is 6.40 Å². The molecule has 0 saturated heterocycles. The molecule has 1 aromatic rings. The summed E-state index contributed by atoms with van der Waals surface area (Å²) in [6, 6.07) is 5.58. The fraction of sp³-hybridized carbons (Fsp3) is 0.562. The van der Waals surface area contributed by atoms with E-state index in [9.17, 15) is 5.11 Å². The van der Waals surface area contributed by atoms with Crippen LogP contribution in [0, 0.1) is 6.92 Å². The monoisotopic (exact) mass is 295 g/mol. The second-order valence-corrected chi connectivity index (χ2v) is 6.47. The van der Waals surface area contributed by atoms with E-state index in [0.29, 0.717) is 12.3 Å². The topological polar surface area (TPSA) is 53.7 Å². The Kier molecular flexibility index (Phi) is 6.18. The van der Waals surface area contributed by atoms with Crippen molar-refractivity contribution in [1.29, 1.82) is 0 Å². The van der Waals surface area contributed by atoms with Crippen molar-refractivity contribution in [2.75, 3.05) is 20.6 Å². The number of benzene rings is 1. The van der Waals surface area contributed by atoms with Gasteiger partial charge < -0.3 is 10.4 Å².